The molecule has 1 saturated heterocycles. The number of carbonyl (C=O) groups excluding carboxylic acids is 1. The van der Waals surface area contributed by atoms with Crippen LogP contribution >= 0.6 is 11.6 Å². The minimum atomic E-state index is -0.544. The maximum Gasteiger partial charge on any atom is 0.244 e. The van der Waals surface area contributed by atoms with E-state index in [0.29, 0.717) is 25.3 Å². The van der Waals surface area contributed by atoms with Crippen molar-refractivity contribution < 1.29 is 23.8 Å². The molecule has 9 heteroatoms. The highest BCUT2D eigenvalue weighted by Gasteiger charge is 2.51. The third-order valence-corrected chi connectivity index (χ3v) is 7.03. The third kappa shape index (κ3) is 6.32. The lowest BCUT2D eigenvalue weighted by molar-refractivity contribution is -0.146. The smallest absolute Gasteiger partial charge is 0.244 e. The van der Waals surface area contributed by atoms with Crippen molar-refractivity contribution in [2.24, 2.45) is 5.41 Å². The first kappa shape index (κ1) is 25.2. The lowest BCUT2D eigenvalue weighted by Crippen LogP contribution is -2.48. The maximum absolute atomic E-state index is 13.4. The Morgan fingerprint density at radius 1 is 1.38 bits per heavy atom. The monoisotopic (exact) mass is 471 g/mol. The molecule has 2 aliphatic rings. The van der Waals surface area contributed by atoms with E-state index in [0.717, 1.165) is 38.8 Å². The second-order valence-electron chi connectivity index (χ2n) is 8.96. The van der Waals surface area contributed by atoms with Crippen molar-refractivity contribution in [2.45, 2.75) is 51.0 Å². The molecule has 0 aromatic heterocycles. The summed E-state index contributed by atoms with van der Waals surface area (Å²) >= 11 is 5.85. The summed E-state index contributed by atoms with van der Waals surface area (Å²) in [6, 6.07) is 3.74. The quantitative estimate of drug-likeness (QED) is 0.483. The fraction of sp³-hybridized carbons (Fsp3) is 0.696. The van der Waals surface area contributed by atoms with E-state index in [4.69, 9.17) is 21.1 Å². The van der Waals surface area contributed by atoms with Crippen molar-refractivity contribution in [3.63, 3.8) is 0 Å². The van der Waals surface area contributed by atoms with Gasteiger partial charge in [-0.1, -0.05) is 11.6 Å². The van der Waals surface area contributed by atoms with Crippen molar-refractivity contribution in [3.05, 3.63) is 29.0 Å². The number of methoxy groups -OCH3 is 2. The molecule has 2 N–H and O–H groups in total. The van der Waals surface area contributed by atoms with Crippen molar-refractivity contribution in [3.8, 4) is 0 Å². The Balaban J connectivity index is 1.55. The van der Waals surface area contributed by atoms with Crippen LogP contribution in [0.2, 0.25) is 5.02 Å². The van der Waals surface area contributed by atoms with E-state index in [1.807, 2.05) is 0 Å². The van der Waals surface area contributed by atoms with Gasteiger partial charge in [0.2, 0.25) is 5.91 Å². The first-order valence-electron chi connectivity index (χ1n) is 11.2. The Kier molecular flexibility index (Phi) is 8.75. The molecule has 180 valence electrons. The number of halogens is 2. The zero-order valence-corrected chi connectivity index (χ0v) is 19.9. The number of benzene rings is 1. The van der Waals surface area contributed by atoms with Gasteiger partial charge in [0.15, 0.2) is 6.29 Å². The largest absolute Gasteiger partial charge is 0.391 e. The van der Waals surface area contributed by atoms with E-state index in [9.17, 15) is 14.3 Å². The Hall–Kier alpha value is -1.45. The molecular formula is C23H35ClFN3O4. The van der Waals surface area contributed by atoms with E-state index >= 15 is 0 Å². The average molecular weight is 472 g/mol. The van der Waals surface area contributed by atoms with Crippen LogP contribution < -0.4 is 5.32 Å². The zero-order chi connectivity index (χ0) is 23.3. The molecule has 1 aromatic carbocycles. The molecule has 1 saturated carbocycles. The number of piperidine rings is 1. The number of aliphatic hydroxyl groups is 1. The first-order chi connectivity index (χ1) is 15.3. The lowest BCUT2D eigenvalue weighted by atomic mass is 9.90. The highest BCUT2D eigenvalue weighted by molar-refractivity contribution is 6.31. The van der Waals surface area contributed by atoms with Crippen LogP contribution in [-0.4, -0.2) is 86.2 Å². The first-order valence-corrected chi connectivity index (χ1v) is 11.6. The molecule has 1 aliphatic heterocycles. The van der Waals surface area contributed by atoms with Crippen molar-refractivity contribution in [1.29, 1.82) is 0 Å². The van der Waals surface area contributed by atoms with E-state index in [2.05, 4.69) is 10.2 Å². The summed E-state index contributed by atoms with van der Waals surface area (Å²) in [6.07, 6.45) is 3.34. The summed E-state index contributed by atoms with van der Waals surface area (Å²) in [6.45, 7) is 5.11. The second kappa shape index (κ2) is 11.1. The number of carbonyl (C=O) groups is 1. The highest BCUT2D eigenvalue weighted by atomic mass is 35.5. The van der Waals surface area contributed by atoms with Crippen LogP contribution in [0.25, 0.3) is 0 Å². The van der Waals surface area contributed by atoms with Crippen LogP contribution in [0.4, 0.5) is 10.1 Å². The second-order valence-corrected chi connectivity index (χ2v) is 9.37. The minimum Gasteiger partial charge on any atom is -0.391 e. The number of aliphatic hydroxyl groups excluding tert-OH is 1. The minimum absolute atomic E-state index is 0.00188. The Labute approximate surface area is 194 Å². The van der Waals surface area contributed by atoms with Crippen LogP contribution in [0.15, 0.2) is 18.2 Å². The summed E-state index contributed by atoms with van der Waals surface area (Å²) in [7, 11) is 3.09. The number of anilines is 1. The number of hydrogen-bond acceptors (Lipinski definition) is 6. The molecule has 1 spiro atoms. The number of ether oxygens (including phenoxy) is 2. The number of likely N-dealkylation sites (tertiary alicyclic amines) is 1. The number of β-amino-alcohol motifs (C(OH)–C–C–N with tert-alkyl or cyclic N) is 1. The van der Waals surface area contributed by atoms with Gasteiger partial charge in [-0.3, -0.25) is 4.79 Å². The molecule has 0 bridgehead atoms. The van der Waals surface area contributed by atoms with Crippen LogP contribution in [0.1, 0.15) is 32.6 Å². The highest BCUT2D eigenvalue weighted by Crippen LogP contribution is 2.53. The number of nitrogens with one attached hydrogen (secondary N) is 1. The molecule has 2 unspecified atom stereocenters. The average Bonchev–Trinajstić information content (AvgIpc) is 3.56. The molecule has 1 aliphatic carbocycles. The number of amides is 1. The summed E-state index contributed by atoms with van der Waals surface area (Å²) < 4.78 is 24.0. The number of nitrogens with zero attached hydrogens (tertiary/aromatic N) is 2. The van der Waals surface area contributed by atoms with E-state index in [1.165, 1.54) is 12.1 Å². The molecule has 1 amide bonds. The Bertz CT molecular complexity index is 776. The van der Waals surface area contributed by atoms with Crippen molar-refractivity contribution in [1.82, 2.24) is 9.80 Å². The summed E-state index contributed by atoms with van der Waals surface area (Å²) in [5.74, 6) is -0.614. The standard InChI is InChI=1S/C23H35ClFN3O4/c1-16(26-17-5-6-19(25)18(24)13-17)22(30)28(15-21(31-2)32-3)11-4-10-27-12-9-23(7-8-23)20(29)14-27/h5-6,13,16,20-21,26,29H,4,7-12,14-15H2,1-3H3. The van der Waals surface area contributed by atoms with Crippen LogP contribution in [0.3, 0.4) is 0 Å². The van der Waals surface area contributed by atoms with Crippen LogP contribution in [-0.2, 0) is 14.3 Å². The van der Waals surface area contributed by atoms with E-state index in [1.54, 1.807) is 32.1 Å². The van der Waals surface area contributed by atoms with Gasteiger partial charge >= 0.3 is 0 Å². The van der Waals surface area contributed by atoms with Crippen molar-refractivity contribution in [2.75, 3.05) is 52.3 Å². The molecular weight excluding hydrogens is 437 g/mol. The summed E-state index contributed by atoms with van der Waals surface area (Å²) in [4.78, 5) is 17.2. The normalized spacial score (nSPS) is 21.0. The molecule has 0 radical (unpaired) electrons. The maximum atomic E-state index is 13.4. The van der Waals surface area contributed by atoms with Crippen LogP contribution in [0, 0.1) is 11.2 Å². The fourth-order valence-corrected chi connectivity index (χ4v) is 4.58. The van der Waals surface area contributed by atoms with Gasteiger partial charge in [-0.05, 0) is 69.3 Å². The Morgan fingerprint density at radius 2 is 2.09 bits per heavy atom. The predicted octanol–water partition coefficient (Wildman–Crippen LogP) is 2.96. The van der Waals surface area contributed by atoms with E-state index in [-0.39, 0.29) is 22.4 Å². The molecule has 1 aromatic rings. The van der Waals surface area contributed by atoms with Gasteiger partial charge in [0, 0.05) is 33.0 Å². The van der Waals surface area contributed by atoms with E-state index < -0.39 is 18.1 Å². The fourth-order valence-electron chi connectivity index (χ4n) is 4.40. The molecule has 2 atom stereocenters. The van der Waals surface area contributed by atoms with Gasteiger partial charge in [0.25, 0.3) is 0 Å². The van der Waals surface area contributed by atoms with Gasteiger partial charge < -0.3 is 29.7 Å². The van der Waals surface area contributed by atoms with Gasteiger partial charge in [0.1, 0.15) is 11.9 Å². The lowest BCUT2D eigenvalue weighted by Gasteiger charge is -2.37. The third-order valence-electron chi connectivity index (χ3n) is 6.74. The van der Waals surface area contributed by atoms with Gasteiger partial charge in [0.05, 0.1) is 17.7 Å². The van der Waals surface area contributed by atoms with Gasteiger partial charge in [-0.25, -0.2) is 4.39 Å². The topological polar surface area (TPSA) is 74.3 Å². The van der Waals surface area contributed by atoms with Crippen LogP contribution in [0.5, 0.6) is 0 Å². The molecule has 2 fully saturated rings. The predicted molar refractivity (Wildman–Crippen MR) is 122 cm³/mol. The van der Waals surface area contributed by atoms with Crippen molar-refractivity contribution >= 4 is 23.2 Å². The zero-order valence-electron chi connectivity index (χ0n) is 19.2. The molecule has 32 heavy (non-hydrogen) atoms. The number of hydrogen-bond donors (Lipinski definition) is 2. The Morgan fingerprint density at radius 3 is 2.69 bits per heavy atom. The molecule has 7 nitrogen and oxygen atoms in total. The molecule has 1 heterocycles. The summed E-state index contributed by atoms with van der Waals surface area (Å²) in [5.41, 5.74) is 0.760. The van der Waals surface area contributed by atoms with Gasteiger partial charge in [-0.2, -0.15) is 0 Å². The number of rotatable bonds is 11. The summed E-state index contributed by atoms with van der Waals surface area (Å²) in [5, 5.41) is 13.5. The SMILES string of the molecule is COC(CN(CCCN1CCC2(CC2)C(O)C1)C(=O)C(C)Nc1ccc(F)c(Cl)c1)OC. The molecule has 3 rings (SSSR count). The van der Waals surface area contributed by atoms with Gasteiger partial charge in [-0.15, -0.1) is 0 Å².